The Morgan fingerprint density at radius 3 is 2.40 bits per heavy atom. The number of hydrogen-bond acceptors (Lipinski definition) is 3. The van der Waals surface area contributed by atoms with E-state index < -0.39 is 6.04 Å². The molecule has 0 aliphatic heterocycles. The maximum Gasteiger partial charge on any atom is 0.261 e. The molecule has 2 aromatic carbocycles. The van der Waals surface area contributed by atoms with Gasteiger partial charge >= 0.3 is 0 Å². The maximum atomic E-state index is 13.3. The monoisotopic (exact) mass is 465 g/mol. The van der Waals surface area contributed by atoms with Crippen LogP contribution in [0.25, 0.3) is 10.9 Å². The molecule has 8 heteroatoms. The van der Waals surface area contributed by atoms with Crippen molar-refractivity contribution in [1.82, 2.24) is 14.5 Å². The summed E-state index contributed by atoms with van der Waals surface area (Å²) in [5, 5.41) is 1.68. The minimum Gasteiger partial charge on any atom is -0.329 e. The maximum absolute atomic E-state index is 13.3. The molecular weight excluding hydrogens is 445 g/mol. The van der Waals surface area contributed by atoms with E-state index in [1.165, 1.54) is 0 Å². The zero-order valence-electron chi connectivity index (χ0n) is 17.0. The molecule has 0 radical (unpaired) electrons. The highest BCUT2D eigenvalue weighted by atomic mass is 35.5. The van der Waals surface area contributed by atoms with Crippen molar-refractivity contribution >= 4 is 51.6 Å². The number of carbonyl (C=O) groups is 1. The van der Waals surface area contributed by atoms with Crippen molar-refractivity contribution in [3.8, 4) is 0 Å². The van der Waals surface area contributed by atoms with Crippen molar-refractivity contribution < 1.29 is 4.79 Å². The highest BCUT2D eigenvalue weighted by Crippen LogP contribution is 2.27. The number of fused-ring (bicyclic) bond motifs is 1. The fourth-order valence-corrected chi connectivity index (χ4v) is 4.17. The molecule has 0 spiro atoms. The van der Waals surface area contributed by atoms with Crippen molar-refractivity contribution in [1.29, 1.82) is 0 Å². The number of rotatable bonds is 6. The number of halogens is 3. The molecule has 0 N–H and O–H groups in total. The van der Waals surface area contributed by atoms with E-state index in [9.17, 15) is 9.59 Å². The summed E-state index contributed by atoms with van der Waals surface area (Å²) in [5.41, 5.74) is 0.726. The van der Waals surface area contributed by atoms with E-state index in [1.54, 1.807) is 45.9 Å². The molecule has 1 amide bonds. The molecule has 0 bridgehead atoms. The summed E-state index contributed by atoms with van der Waals surface area (Å²) in [6, 6.07) is 9.39. The van der Waals surface area contributed by atoms with Gasteiger partial charge in [0, 0.05) is 23.1 Å². The van der Waals surface area contributed by atoms with E-state index in [2.05, 4.69) is 0 Å². The van der Waals surface area contributed by atoms with E-state index in [0.29, 0.717) is 45.4 Å². The zero-order chi connectivity index (χ0) is 22.0. The van der Waals surface area contributed by atoms with Crippen molar-refractivity contribution in [3.63, 3.8) is 0 Å². The van der Waals surface area contributed by atoms with E-state index in [0.717, 1.165) is 6.42 Å². The largest absolute Gasteiger partial charge is 0.329 e. The van der Waals surface area contributed by atoms with Crippen molar-refractivity contribution in [2.45, 2.75) is 39.8 Å². The van der Waals surface area contributed by atoms with Crippen LogP contribution in [0.5, 0.6) is 0 Å². The van der Waals surface area contributed by atoms with Gasteiger partial charge in [0.15, 0.2) is 0 Å². The van der Waals surface area contributed by atoms with Gasteiger partial charge in [0.25, 0.3) is 11.5 Å². The van der Waals surface area contributed by atoms with Crippen molar-refractivity contribution in [2.75, 3.05) is 6.54 Å². The fourth-order valence-electron chi connectivity index (χ4n) is 3.50. The van der Waals surface area contributed by atoms with Crippen LogP contribution in [-0.2, 0) is 6.54 Å². The second-order valence-corrected chi connectivity index (χ2v) is 8.26. The normalized spacial score (nSPS) is 12.2. The summed E-state index contributed by atoms with van der Waals surface area (Å²) in [7, 11) is 0. The first-order valence-electron chi connectivity index (χ1n) is 9.74. The van der Waals surface area contributed by atoms with Crippen LogP contribution >= 0.6 is 34.8 Å². The Morgan fingerprint density at radius 1 is 1.10 bits per heavy atom. The third-order valence-corrected chi connectivity index (χ3v) is 5.77. The molecule has 158 valence electrons. The van der Waals surface area contributed by atoms with Crippen molar-refractivity contribution in [2.24, 2.45) is 0 Å². The summed E-state index contributed by atoms with van der Waals surface area (Å²) in [6.07, 6.45) is 0.737. The molecule has 5 nitrogen and oxygen atoms in total. The predicted molar refractivity (Wildman–Crippen MR) is 123 cm³/mol. The highest BCUT2D eigenvalue weighted by molar-refractivity contribution is 6.36. The smallest absolute Gasteiger partial charge is 0.261 e. The number of hydrogen-bond donors (Lipinski definition) is 0. The van der Waals surface area contributed by atoms with Gasteiger partial charge in [0.05, 0.1) is 27.5 Å². The lowest BCUT2D eigenvalue weighted by Gasteiger charge is -2.30. The molecule has 0 aliphatic rings. The number of nitrogens with zero attached hydrogens (tertiary/aromatic N) is 3. The number of carbonyl (C=O) groups excluding carboxylic acids is 1. The molecule has 3 aromatic rings. The lowest BCUT2D eigenvalue weighted by molar-refractivity contribution is 0.0679. The van der Waals surface area contributed by atoms with Gasteiger partial charge in [-0.05, 0) is 56.7 Å². The molecule has 1 atom stereocenters. The van der Waals surface area contributed by atoms with Crippen LogP contribution in [0.4, 0.5) is 0 Å². The van der Waals surface area contributed by atoms with Crippen LogP contribution in [0.15, 0.2) is 41.2 Å². The standard InChI is InChI=1S/C22H22Cl3N3O2/c1-4-10-28(21(29)16-8-6-15(24)12-18(16)25)13(3)20-26-19-9-7-14(23)11-17(19)22(30)27(20)5-2/h6-9,11-13H,4-5,10H2,1-3H3. The van der Waals surface area contributed by atoms with Crippen molar-refractivity contribution in [3.05, 3.63) is 73.2 Å². The molecule has 0 fully saturated rings. The van der Waals surface area contributed by atoms with E-state index in [4.69, 9.17) is 39.8 Å². The van der Waals surface area contributed by atoms with Gasteiger partial charge in [-0.15, -0.1) is 0 Å². The van der Waals surface area contributed by atoms with E-state index in [-0.39, 0.29) is 16.5 Å². The molecule has 0 saturated carbocycles. The molecule has 30 heavy (non-hydrogen) atoms. The van der Waals surface area contributed by atoms with Gasteiger partial charge in [-0.25, -0.2) is 4.98 Å². The average molecular weight is 467 g/mol. The lowest BCUT2D eigenvalue weighted by Crippen LogP contribution is -2.38. The van der Waals surface area contributed by atoms with Crippen LogP contribution in [-0.4, -0.2) is 26.9 Å². The summed E-state index contributed by atoms with van der Waals surface area (Å²) in [6.45, 7) is 6.63. The third kappa shape index (κ3) is 4.34. The number of benzene rings is 2. The van der Waals surface area contributed by atoms with Gasteiger partial charge in [0.2, 0.25) is 0 Å². The minimum atomic E-state index is -0.447. The summed E-state index contributed by atoms with van der Waals surface area (Å²) < 4.78 is 1.59. The Morgan fingerprint density at radius 2 is 1.77 bits per heavy atom. The topological polar surface area (TPSA) is 55.2 Å². The molecule has 0 aliphatic carbocycles. The van der Waals surface area contributed by atoms with Gasteiger partial charge in [-0.1, -0.05) is 41.7 Å². The van der Waals surface area contributed by atoms with Gasteiger partial charge in [0.1, 0.15) is 5.82 Å². The Balaban J connectivity index is 2.12. The highest BCUT2D eigenvalue weighted by Gasteiger charge is 2.27. The van der Waals surface area contributed by atoms with Gasteiger partial charge in [-0.3, -0.25) is 14.2 Å². The quantitative estimate of drug-likeness (QED) is 0.448. The van der Waals surface area contributed by atoms with Crippen LogP contribution in [0.3, 0.4) is 0 Å². The first kappa shape index (κ1) is 22.6. The Labute approximate surface area is 190 Å². The zero-order valence-corrected chi connectivity index (χ0v) is 19.2. The molecule has 3 rings (SSSR count). The first-order valence-corrected chi connectivity index (χ1v) is 10.9. The third-order valence-electron chi connectivity index (χ3n) is 4.99. The van der Waals surface area contributed by atoms with E-state index in [1.807, 2.05) is 20.8 Å². The summed E-state index contributed by atoms with van der Waals surface area (Å²) in [5.74, 6) is 0.281. The first-order chi connectivity index (χ1) is 14.3. The summed E-state index contributed by atoms with van der Waals surface area (Å²) >= 11 is 18.3. The average Bonchev–Trinajstić information content (AvgIpc) is 2.71. The number of amides is 1. The second-order valence-electron chi connectivity index (χ2n) is 6.98. The van der Waals surface area contributed by atoms with Gasteiger partial charge in [-0.2, -0.15) is 0 Å². The predicted octanol–water partition coefficient (Wildman–Crippen LogP) is 5.99. The van der Waals surface area contributed by atoms with Crippen LogP contribution < -0.4 is 5.56 Å². The Hall–Kier alpha value is -2.08. The van der Waals surface area contributed by atoms with Crippen LogP contribution in [0.2, 0.25) is 15.1 Å². The molecule has 0 saturated heterocycles. The minimum absolute atomic E-state index is 0.180. The Kier molecular flexibility index (Phi) is 7.06. The molecule has 1 heterocycles. The van der Waals surface area contributed by atoms with E-state index >= 15 is 0 Å². The van der Waals surface area contributed by atoms with Crippen LogP contribution in [0.1, 0.15) is 49.4 Å². The van der Waals surface area contributed by atoms with Crippen LogP contribution in [0, 0.1) is 0 Å². The van der Waals surface area contributed by atoms with Gasteiger partial charge < -0.3 is 4.90 Å². The summed E-state index contributed by atoms with van der Waals surface area (Å²) in [4.78, 5) is 32.8. The fraction of sp³-hybridized carbons (Fsp3) is 0.318. The molecule has 1 aromatic heterocycles. The Bertz CT molecular complexity index is 1160. The molecular formula is C22H22Cl3N3O2. The SMILES string of the molecule is CCCN(C(=O)c1ccc(Cl)cc1Cl)C(C)c1nc2ccc(Cl)cc2c(=O)n1CC. The number of aromatic nitrogens is 2. The lowest BCUT2D eigenvalue weighted by atomic mass is 10.1. The molecule has 1 unspecified atom stereocenters. The second kappa shape index (κ2) is 9.38.